The van der Waals surface area contributed by atoms with Crippen molar-refractivity contribution in [2.45, 2.75) is 25.8 Å². The molecule has 1 aliphatic heterocycles. The molecule has 1 saturated heterocycles. The van der Waals surface area contributed by atoms with Gasteiger partial charge < -0.3 is 15.4 Å². The van der Waals surface area contributed by atoms with E-state index in [1.165, 1.54) is 31.5 Å². The summed E-state index contributed by atoms with van der Waals surface area (Å²) in [6.07, 6.45) is 2.70. The molecule has 0 spiro atoms. The van der Waals surface area contributed by atoms with E-state index >= 15 is 0 Å². The van der Waals surface area contributed by atoms with E-state index in [0.717, 1.165) is 18.2 Å². The van der Waals surface area contributed by atoms with Gasteiger partial charge in [-0.05, 0) is 43.0 Å². The zero-order chi connectivity index (χ0) is 13.0. The van der Waals surface area contributed by atoms with Crippen molar-refractivity contribution in [3.63, 3.8) is 0 Å². The molecule has 0 radical (unpaired) electrons. The number of nitrogens with one attached hydrogen (secondary N) is 1. The van der Waals surface area contributed by atoms with Gasteiger partial charge in [-0.1, -0.05) is 6.92 Å². The number of methoxy groups -OCH3 is 1. The molecule has 18 heavy (non-hydrogen) atoms. The van der Waals surface area contributed by atoms with Gasteiger partial charge in [-0.3, -0.25) is 0 Å². The molecule has 1 fully saturated rings. The van der Waals surface area contributed by atoms with E-state index in [1.54, 1.807) is 12.0 Å². The lowest BCUT2D eigenvalue weighted by Gasteiger charge is -2.32. The Balaban J connectivity index is 2.07. The van der Waals surface area contributed by atoms with E-state index in [9.17, 15) is 0 Å². The summed E-state index contributed by atoms with van der Waals surface area (Å²) >= 11 is 0. The van der Waals surface area contributed by atoms with Crippen LogP contribution in [0.5, 0.6) is 5.75 Å². The fraction of sp³-hybridized carbons (Fsp3) is 0.600. The van der Waals surface area contributed by atoms with Crippen molar-refractivity contribution in [3.8, 4) is 5.75 Å². The minimum Gasteiger partial charge on any atom is -0.497 e. The van der Waals surface area contributed by atoms with Gasteiger partial charge in [0.15, 0.2) is 6.04 Å². The maximum Gasteiger partial charge on any atom is 0.162 e. The van der Waals surface area contributed by atoms with Crippen molar-refractivity contribution < 1.29 is 15.4 Å². The second-order valence-corrected chi connectivity index (χ2v) is 5.46. The molecular formula is C15H26N2O+2. The van der Waals surface area contributed by atoms with E-state index in [1.807, 2.05) is 0 Å². The molecule has 2 rings (SSSR count). The summed E-state index contributed by atoms with van der Waals surface area (Å²) in [5.74, 6) is 1.83. The Hall–Kier alpha value is -1.06. The van der Waals surface area contributed by atoms with E-state index in [2.05, 4.69) is 36.9 Å². The van der Waals surface area contributed by atoms with E-state index in [0.29, 0.717) is 6.04 Å². The lowest BCUT2D eigenvalue weighted by Crippen LogP contribution is -3.14. The molecule has 0 saturated carbocycles. The zero-order valence-electron chi connectivity index (χ0n) is 11.6. The summed E-state index contributed by atoms with van der Waals surface area (Å²) in [5, 5.41) is 0. The van der Waals surface area contributed by atoms with Crippen LogP contribution in [0.25, 0.3) is 0 Å². The number of ether oxygens (including phenoxy) is 1. The minimum atomic E-state index is 0.545. The fourth-order valence-electron chi connectivity index (χ4n) is 2.92. The number of benzene rings is 1. The summed E-state index contributed by atoms with van der Waals surface area (Å²) in [4.78, 5) is 1.70. The van der Waals surface area contributed by atoms with Crippen molar-refractivity contribution in [2.24, 2.45) is 5.92 Å². The SMILES string of the molecule is COc1ccc([C@@H](C[NH3+])[NH+]2CCC(C)CC2)cc1. The van der Waals surface area contributed by atoms with Gasteiger partial charge in [0, 0.05) is 5.56 Å². The number of rotatable bonds is 4. The van der Waals surface area contributed by atoms with Crippen LogP contribution in [-0.4, -0.2) is 26.7 Å². The third-order valence-corrected chi connectivity index (χ3v) is 4.22. The first-order valence-corrected chi connectivity index (χ1v) is 7.02. The third-order valence-electron chi connectivity index (χ3n) is 4.22. The van der Waals surface area contributed by atoms with Gasteiger partial charge in [0.25, 0.3) is 0 Å². The topological polar surface area (TPSA) is 41.3 Å². The molecule has 0 amide bonds. The van der Waals surface area contributed by atoms with Crippen molar-refractivity contribution in [1.82, 2.24) is 0 Å². The first-order valence-electron chi connectivity index (χ1n) is 7.02. The monoisotopic (exact) mass is 250 g/mol. The molecule has 1 atom stereocenters. The molecule has 1 aromatic rings. The van der Waals surface area contributed by atoms with Gasteiger partial charge in [0.1, 0.15) is 12.3 Å². The molecule has 1 aliphatic rings. The predicted molar refractivity (Wildman–Crippen MR) is 72.6 cm³/mol. The minimum absolute atomic E-state index is 0.545. The van der Waals surface area contributed by atoms with E-state index in [4.69, 9.17) is 4.74 Å². The number of likely N-dealkylation sites (tertiary alicyclic amines) is 1. The first-order chi connectivity index (χ1) is 8.74. The molecule has 0 bridgehead atoms. The van der Waals surface area contributed by atoms with Crippen LogP contribution >= 0.6 is 0 Å². The lowest BCUT2D eigenvalue weighted by molar-refractivity contribution is -0.943. The number of quaternary nitrogens is 2. The summed E-state index contributed by atoms with van der Waals surface area (Å²) in [6, 6.07) is 9.05. The van der Waals surface area contributed by atoms with Crippen LogP contribution < -0.4 is 15.4 Å². The van der Waals surface area contributed by atoms with Crippen LogP contribution in [0.2, 0.25) is 0 Å². The predicted octanol–water partition coefficient (Wildman–Crippen LogP) is 0.293. The van der Waals surface area contributed by atoms with Gasteiger partial charge in [-0.25, -0.2) is 0 Å². The number of hydrogen-bond donors (Lipinski definition) is 2. The van der Waals surface area contributed by atoms with Gasteiger partial charge in [0.2, 0.25) is 0 Å². The Kier molecular flexibility index (Phi) is 4.61. The second-order valence-electron chi connectivity index (χ2n) is 5.46. The number of piperidine rings is 1. The quantitative estimate of drug-likeness (QED) is 0.792. The smallest absolute Gasteiger partial charge is 0.162 e. The van der Waals surface area contributed by atoms with Crippen molar-refractivity contribution in [2.75, 3.05) is 26.7 Å². The Morgan fingerprint density at radius 1 is 1.28 bits per heavy atom. The van der Waals surface area contributed by atoms with Gasteiger partial charge >= 0.3 is 0 Å². The van der Waals surface area contributed by atoms with Crippen LogP contribution in [-0.2, 0) is 0 Å². The van der Waals surface area contributed by atoms with Crippen molar-refractivity contribution in [1.29, 1.82) is 0 Å². The fourth-order valence-corrected chi connectivity index (χ4v) is 2.92. The molecule has 3 nitrogen and oxygen atoms in total. The van der Waals surface area contributed by atoms with Gasteiger partial charge in [-0.15, -0.1) is 0 Å². The van der Waals surface area contributed by atoms with Crippen molar-refractivity contribution >= 4 is 0 Å². The lowest BCUT2D eigenvalue weighted by atomic mass is 9.96. The molecule has 0 aromatic heterocycles. The molecule has 0 unspecified atom stereocenters. The second kappa shape index (κ2) is 6.21. The highest BCUT2D eigenvalue weighted by atomic mass is 16.5. The summed E-state index contributed by atoms with van der Waals surface area (Å²) < 4.78 is 5.22. The Bertz CT molecular complexity index is 355. The maximum atomic E-state index is 5.22. The van der Waals surface area contributed by atoms with Crippen LogP contribution in [0.15, 0.2) is 24.3 Å². The first kappa shape index (κ1) is 13.4. The standard InChI is InChI=1S/C15H24N2O/c1-12-7-9-17(10-8-12)15(11-16)13-3-5-14(18-2)6-4-13/h3-6,12,15H,7-11,16H2,1-2H3/p+2/t15-/m1/s1. The summed E-state index contributed by atoms with van der Waals surface area (Å²) in [6.45, 7) is 5.90. The third kappa shape index (κ3) is 3.03. The number of hydrogen-bond acceptors (Lipinski definition) is 1. The highest BCUT2D eigenvalue weighted by Crippen LogP contribution is 2.16. The average molecular weight is 250 g/mol. The normalized spacial score (nSPS) is 25.7. The van der Waals surface area contributed by atoms with E-state index in [-0.39, 0.29) is 0 Å². The molecule has 1 heterocycles. The van der Waals surface area contributed by atoms with Gasteiger partial charge in [0.05, 0.1) is 20.2 Å². The summed E-state index contributed by atoms with van der Waals surface area (Å²) in [7, 11) is 1.71. The molecule has 4 N–H and O–H groups in total. The average Bonchev–Trinajstić information content (AvgIpc) is 2.42. The Labute approximate surface area is 110 Å². The molecule has 100 valence electrons. The van der Waals surface area contributed by atoms with Crippen LogP contribution in [0, 0.1) is 5.92 Å². The van der Waals surface area contributed by atoms with Crippen LogP contribution in [0.3, 0.4) is 0 Å². The van der Waals surface area contributed by atoms with E-state index < -0.39 is 0 Å². The highest BCUT2D eigenvalue weighted by Gasteiger charge is 2.28. The van der Waals surface area contributed by atoms with Crippen LogP contribution in [0.4, 0.5) is 0 Å². The molecule has 0 aliphatic carbocycles. The largest absolute Gasteiger partial charge is 0.497 e. The van der Waals surface area contributed by atoms with Crippen molar-refractivity contribution in [3.05, 3.63) is 29.8 Å². The Morgan fingerprint density at radius 3 is 2.39 bits per heavy atom. The summed E-state index contributed by atoms with van der Waals surface area (Å²) in [5.41, 5.74) is 5.55. The molecule has 3 heteroatoms. The highest BCUT2D eigenvalue weighted by molar-refractivity contribution is 5.28. The zero-order valence-corrected chi connectivity index (χ0v) is 11.6. The van der Waals surface area contributed by atoms with Gasteiger partial charge in [-0.2, -0.15) is 0 Å². The Morgan fingerprint density at radius 2 is 1.89 bits per heavy atom. The van der Waals surface area contributed by atoms with Crippen LogP contribution in [0.1, 0.15) is 31.4 Å². The maximum absolute atomic E-state index is 5.22. The molecular weight excluding hydrogens is 224 g/mol. The molecule has 1 aromatic carbocycles.